The van der Waals surface area contributed by atoms with Gasteiger partial charge in [0.1, 0.15) is 22.9 Å². The van der Waals surface area contributed by atoms with E-state index in [0.717, 1.165) is 0 Å². The topological polar surface area (TPSA) is 213 Å². The molecule has 53 heavy (non-hydrogen) atoms. The molecule has 0 amide bonds. The highest BCUT2D eigenvalue weighted by Crippen LogP contribution is 2.32. The van der Waals surface area contributed by atoms with Crippen LogP contribution in [0.15, 0.2) is 107 Å². The molecule has 3 aromatic carbocycles. The minimum atomic E-state index is -0.355. The molecule has 0 fully saturated rings. The smallest absolute Gasteiger partial charge is 0.251 e. The average Bonchev–Trinajstić information content (AvgIpc) is 3.94. The van der Waals surface area contributed by atoms with Gasteiger partial charge in [-0.05, 0) is 43.3 Å². The first kappa shape index (κ1) is 32.2. The van der Waals surface area contributed by atoms with Crippen molar-refractivity contribution in [3.63, 3.8) is 0 Å². The van der Waals surface area contributed by atoms with Crippen LogP contribution in [0.4, 0.5) is 5.69 Å². The fourth-order valence-electron chi connectivity index (χ4n) is 5.53. The van der Waals surface area contributed by atoms with E-state index in [0.29, 0.717) is 10.9 Å². The highest BCUT2D eigenvalue weighted by Gasteiger charge is 2.23. The molecule has 3 aliphatic heterocycles. The summed E-state index contributed by atoms with van der Waals surface area (Å²) < 4.78 is 0. The molecular weight excluding hydrogens is 669 g/mol. The van der Waals surface area contributed by atoms with E-state index < -0.39 is 0 Å². The van der Waals surface area contributed by atoms with Gasteiger partial charge in [-0.1, -0.05) is 6.07 Å². The summed E-state index contributed by atoms with van der Waals surface area (Å²) in [6.45, 7) is 31.6. The van der Waals surface area contributed by atoms with Gasteiger partial charge in [0.25, 0.3) is 0 Å². The Morgan fingerprint density at radius 1 is 0.566 bits per heavy atom. The fourth-order valence-corrected chi connectivity index (χ4v) is 5.53. The summed E-state index contributed by atoms with van der Waals surface area (Å²) in [6, 6.07) is 18.8. The molecule has 0 unspecified atom stereocenters. The maximum Gasteiger partial charge on any atom is 0.305 e. The number of hydrogen-bond donors (Lipinski definition) is 0. The molecule has 0 saturated carbocycles. The second-order valence-electron chi connectivity index (χ2n) is 10.8. The highest BCUT2D eigenvalue weighted by molar-refractivity contribution is 5.81. The lowest BCUT2D eigenvalue weighted by atomic mass is 10.00. The summed E-state index contributed by atoms with van der Waals surface area (Å²) >= 11 is 0. The van der Waals surface area contributed by atoms with E-state index in [4.69, 9.17) is 36.3 Å². The standard InChI is InChI=1S/C37H10N16/c1-17(42-2)34-46-25-11-8-20(32(45-5)33(25)53-34)27-12-26(18-6-9-23-30(21(18)13-38)51-36(47-23)28(15-40)43-3)49-35(50-27)19-7-10-24-31(22(19)14-39)52-37(48-24)29(16-41)44-4/h6-12H,1H3/b34-17-,36-28+,37-29+. The van der Waals surface area contributed by atoms with Crippen molar-refractivity contribution < 1.29 is 0 Å². The average molecular weight is 679 g/mol. The van der Waals surface area contributed by atoms with E-state index in [-0.39, 0.29) is 106 Å². The Balaban J connectivity index is 1.56. The minimum Gasteiger partial charge on any atom is -0.251 e. The highest BCUT2D eigenvalue weighted by atomic mass is 15.0. The van der Waals surface area contributed by atoms with Gasteiger partial charge in [-0.3, -0.25) is 4.99 Å². The lowest BCUT2D eigenvalue weighted by Crippen LogP contribution is -2.26. The number of benzene rings is 3. The Morgan fingerprint density at radius 3 is 1.55 bits per heavy atom. The van der Waals surface area contributed by atoms with Gasteiger partial charge in [0.15, 0.2) is 23.3 Å². The molecule has 16 heteroatoms. The summed E-state index contributed by atoms with van der Waals surface area (Å²) in [4.78, 5) is 49.0. The zero-order chi connectivity index (χ0) is 37.4. The monoisotopic (exact) mass is 678 g/mol. The maximum absolute atomic E-state index is 10.4. The molecule has 7 rings (SSSR count). The van der Waals surface area contributed by atoms with Crippen LogP contribution in [0.1, 0.15) is 18.1 Å². The first-order valence-electron chi connectivity index (χ1n) is 14.8. The van der Waals surface area contributed by atoms with Gasteiger partial charge in [0.2, 0.25) is 11.4 Å². The van der Waals surface area contributed by atoms with Gasteiger partial charge in [0.05, 0.1) is 82.4 Å². The molecule has 16 nitrogen and oxygen atoms in total. The summed E-state index contributed by atoms with van der Waals surface area (Å²) in [7, 11) is 0. The fraction of sp³-hybridized carbons (Fsp3) is 0.0270. The summed E-state index contributed by atoms with van der Waals surface area (Å²) in [5.74, 6) is -0.114. The van der Waals surface area contributed by atoms with Crippen molar-refractivity contribution in [2.75, 3.05) is 0 Å². The molecule has 0 bridgehead atoms. The van der Waals surface area contributed by atoms with E-state index in [2.05, 4.69) is 61.5 Å². The predicted octanol–water partition coefficient (Wildman–Crippen LogP) is 2.86. The number of fused-ring (bicyclic) bond motifs is 3. The molecule has 4 aromatic rings. The van der Waals surface area contributed by atoms with E-state index in [1.807, 2.05) is 0 Å². The van der Waals surface area contributed by atoms with E-state index in [1.165, 1.54) is 6.07 Å². The predicted molar refractivity (Wildman–Crippen MR) is 179 cm³/mol. The van der Waals surface area contributed by atoms with Crippen molar-refractivity contribution in [2.24, 2.45) is 30.0 Å². The quantitative estimate of drug-likeness (QED) is 0.235. The number of rotatable bonds is 3. The molecular formula is C37H10N16. The van der Waals surface area contributed by atoms with Crippen LogP contribution >= 0.6 is 0 Å². The largest absolute Gasteiger partial charge is 0.305 e. The van der Waals surface area contributed by atoms with Gasteiger partial charge < -0.3 is 0 Å². The van der Waals surface area contributed by atoms with Gasteiger partial charge in [-0.2, -0.15) is 10.5 Å². The molecule has 238 valence electrons. The maximum atomic E-state index is 10.4. The van der Waals surface area contributed by atoms with Crippen LogP contribution < -0.4 is 32.1 Å². The van der Waals surface area contributed by atoms with Crippen molar-refractivity contribution >= 4 is 5.69 Å². The zero-order valence-corrected chi connectivity index (χ0v) is 26.7. The van der Waals surface area contributed by atoms with Crippen molar-refractivity contribution in [1.82, 2.24) is 9.97 Å². The molecule has 0 atom stereocenters. The number of aromatic nitrogens is 2. The summed E-state index contributed by atoms with van der Waals surface area (Å²) in [6.07, 6.45) is 0. The van der Waals surface area contributed by atoms with Crippen LogP contribution in [0.3, 0.4) is 0 Å². The number of hydrogen-bond acceptors (Lipinski definition) is 12. The van der Waals surface area contributed by atoms with Crippen LogP contribution in [0.25, 0.3) is 53.3 Å². The minimum absolute atomic E-state index is 0.00890. The Labute approximate surface area is 297 Å². The zero-order valence-electron chi connectivity index (χ0n) is 26.7. The molecule has 0 radical (unpaired) electrons. The third-order valence-electron chi connectivity index (χ3n) is 7.98. The van der Waals surface area contributed by atoms with Crippen molar-refractivity contribution in [3.8, 4) is 58.2 Å². The normalized spacial score (nSPS) is 15.2. The second-order valence-corrected chi connectivity index (χ2v) is 10.8. The first-order chi connectivity index (χ1) is 25.8. The van der Waals surface area contributed by atoms with Gasteiger partial charge in [0, 0.05) is 16.7 Å². The van der Waals surface area contributed by atoms with Gasteiger partial charge >= 0.3 is 11.4 Å². The molecule has 0 spiro atoms. The SMILES string of the molecule is [C-]#[N+]/C(C)=C1/N=c2ccc(-c3cc(-c4ccc5c(c4C#N)=N/C(=C(\C#N)[N+]#[C-])N=5)nc(-c4ccc5c(c4C#N)=N/C(=C(\C#N)[N+]#[C-])N=5)n3)c([N+]#[C-])c2=N1. The Bertz CT molecular complexity index is 3140. The lowest BCUT2D eigenvalue weighted by molar-refractivity contribution is 1.16. The van der Waals surface area contributed by atoms with Gasteiger partial charge in [-0.25, -0.2) is 64.8 Å². The van der Waals surface area contributed by atoms with Crippen LogP contribution in [-0.4, -0.2) is 9.97 Å². The number of allylic oxidation sites excluding steroid dienone is 3. The summed E-state index contributed by atoms with van der Waals surface area (Å²) in [5, 5.41) is 40.9. The van der Waals surface area contributed by atoms with E-state index >= 15 is 0 Å². The van der Waals surface area contributed by atoms with Crippen molar-refractivity contribution in [1.29, 1.82) is 21.0 Å². The first-order valence-corrected chi connectivity index (χ1v) is 14.8. The molecule has 1 aromatic heterocycles. The van der Waals surface area contributed by atoms with Gasteiger partial charge in [-0.15, -0.1) is 0 Å². The van der Waals surface area contributed by atoms with E-state index in [9.17, 15) is 21.0 Å². The molecule has 0 aliphatic carbocycles. The van der Waals surface area contributed by atoms with Crippen LogP contribution in [0.5, 0.6) is 0 Å². The van der Waals surface area contributed by atoms with Crippen LogP contribution in [0.2, 0.25) is 0 Å². The molecule has 0 saturated heterocycles. The second kappa shape index (κ2) is 12.6. The molecule has 4 heterocycles. The van der Waals surface area contributed by atoms with Crippen LogP contribution in [-0.2, 0) is 0 Å². The van der Waals surface area contributed by atoms with Crippen molar-refractivity contribution in [2.45, 2.75) is 6.92 Å². The molecule has 3 aliphatic rings. The number of nitriles is 4. The number of nitrogens with zero attached hydrogens (tertiary/aromatic N) is 16. The van der Waals surface area contributed by atoms with Crippen LogP contribution in [0, 0.1) is 71.6 Å². The molecule has 0 N–H and O–H groups in total. The third-order valence-corrected chi connectivity index (χ3v) is 7.98. The van der Waals surface area contributed by atoms with E-state index in [1.54, 1.807) is 55.5 Å². The van der Waals surface area contributed by atoms with Crippen molar-refractivity contribution in [3.05, 3.63) is 166 Å². The third kappa shape index (κ3) is 5.10. The Hall–Kier alpha value is -9.32. The Morgan fingerprint density at radius 2 is 1.04 bits per heavy atom. The Kier molecular flexibility index (Phi) is 7.67. The lowest BCUT2D eigenvalue weighted by Gasteiger charge is -2.12. The summed E-state index contributed by atoms with van der Waals surface area (Å²) in [5.41, 5.74) is 0.783.